The van der Waals surface area contributed by atoms with Crippen LogP contribution in [0.1, 0.15) is 34.1 Å². The van der Waals surface area contributed by atoms with Gasteiger partial charge in [-0.1, -0.05) is 78.4 Å². The third-order valence-electron chi connectivity index (χ3n) is 7.16. The van der Waals surface area contributed by atoms with Gasteiger partial charge < -0.3 is 5.32 Å². The Labute approximate surface area is 204 Å². The SMILES string of the molecule is CNS(=O)(=O)c1ccc2c(c1)C(C1C(Cc3cccc4ccccc34)=Cc3ccccc31)C(=O)N2. The third kappa shape index (κ3) is 3.57. The molecule has 1 aliphatic carbocycles. The van der Waals surface area contributed by atoms with Gasteiger partial charge in [-0.05, 0) is 64.7 Å². The molecule has 4 aromatic carbocycles. The average molecular weight is 481 g/mol. The molecule has 1 amide bonds. The van der Waals surface area contributed by atoms with Crippen LogP contribution in [0.3, 0.4) is 0 Å². The number of carbonyl (C=O) groups is 1. The molecule has 0 fully saturated rings. The highest BCUT2D eigenvalue weighted by molar-refractivity contribution is 7.89. The van der Waals surface area contributed by atoms with E-state index in [4.69, 9.17) is 0 Å². The number of fused-ring (bicyclic) bond motifs is 3. The largest absolute Gasteiger partial charge is 0.325 e. The van der Waals surface area contributed by atoms with Gasteiger partial charge in [-0.2, -0.15) is 0 Å². The van der Waals surface area contributed by atoms with Crippen LogP contribution in [0, 0.1) is 0 Å². The summed E-state index contributed by atoms with van der Waals surface area (Å²) < 4.78 is 27.4. The highest BCUT2D eigenvalue weighted by Gasteiger charge is 2.42. The number of carbonyl (C=O) groups excluding carboxylic acids is 1. The summed E-state index contributed by atoms with van der Waals surface area (Å²) in [6.45, 7) is 0. The van der Waals surface area contributed by atoms with E-state index in [1.165, 1.54) is 29.4 Å². The van der Waals surface area contributed by atoms with Gasteiger partial charge in [0.1, 0.15) is 0 Å². The fraction of sp³-hybridized carbons (Fsp3) is 0.138. The monoisotopic (exact) mass is 480 g/mol. The summed E-state index contributed by atoms with van der Waals surface area (Å²) in [5.41, 5.74) is 5.95. The Morgan fingerprint density at radius 3 is 2.49 bits per heavy atom. The predicted molar refractivity (Wildman–Crippen MR) is 139 cm³/mol. The summed E-state index contributed by atoms with van der Waals surface area (Å²) in [5, 5.41) is 5.37. The van der Waals surface area contributed by atoms with Crippen LogP contribution in [-0.4, -0.2) is 21.4 Å². The first-order valence-electron chi connectivity index (χ1n) is 11.6. The molecule has 0 saturated carbocycles. The summed E-state index contributed by atoms with van der Waals surface area (Å²) in [6.07, 6.45) is 2.90. The second-order valence-electron chi connectivity index (χ2n) is 9.06. The van der Waals surface area contributed by atoms with Gasteiger partial charge in [0.15, 0.2) is 0 Å². The molecule has 0 bridgehead atoms. The Morgan fingerprint density at radius 2 is 1.63 bits per heavy atom. The van der Waals surface area contributed by atoms with Crippen molar-refractivity contribution in [1.82, 2.24) is 4.72 Å². The molecular weight excluding hydrogens is 456 g/mol. The van der Waals surface area contributed by atoms with Gasteiger partial charge in [-0.25, -0.2) is 13.1 Å². The molecule has 2 aliphatic rings. The van der Waals surface area contributed by atoms with Crippen molar-refractivity contribution in [3.63, 3.8) is 0 Å². The number of anilines is 1. The molecule has 174 valence electrons. The van der Waals surface area contributed by atoms with Crippen molar-refractivity contribution in [2.75, 3.05) is 12.4 Å². The highest BCUT2D eigenvalue weighted by atomic mass is 32.2. The zero-order valence-electron chi connectivity index (χ0n) is 19.2. The Balaban J connectivity index is 1.48. The van der Waals surface area contributed by atoms with Gasteiger partial charge in [0.25, 0.3) is 0 Å². The van der Waals surface area contributed by atoms with Gasteiger partial charge in [-0.15, -0.1) is 0 Å². The van der Waals surface area contributed by atoms with E-state index in [2.05, 4.69) is 58.6 Å². The lowest BCUT2D eigenvalue weighted by atomic mass is 9.78. The Hall–Kier alpha value is -3.74. The van der Waals surface area contributed by atoms with E-state index in [9.17, 15) is 13.2 Å². The van der Waals surface area contributed by atoms with Crippen molar-refractivity contribution >= 4 is 38.5 Å². The minimum Gasteiger partial charge on any atom is -0.325 e. The summed E-state index contributed by atoms with van der Waals surface area (Å²) in [7, 11) is -2.24. The van der Waals surface area contributed by atoms with Crippen LogP contribution >= 0.6 is 0 Å². The highest BCUT2D eigenvalue weighted by Crippen LogP contribution is 2.51. The number of hydrogen-bond acceptors (Lipinski definition) is 3. The molecule has 2 N–H and O–H groups in total. The maximum atomic E-state index is 13.4. The van der Waals surface area contributed by atoms with E-state index in [1.807, 2.05) is 24.3 Å². The third-order valence-corrected chi connectivity index (χ3v) is 8.57. The number of benzene rings is 4. The lowest BCUT2D eigenvalue weighted by Crippen LogP contribution is -2.21. The first kappa shape index (κ1) is 21.8. The fourth-order valence-corrected chi connectivity index (χ4v) is 6.28. The van der Waals surface area contributed by atoms with E-state index in [-0.39, 0.29) is 16.7 Å². The fourth-order valence-electron chi connectivity index (χ4n) is 5.52. The van der Waals surface area contributed by atoms with E-state index < -0.39 is 15.9 Å². The average Bonchev–Trinajstić information content (AvgIpc) is 3.39. The van der Waals surface area contributed by atoms with Crippen molar-refractivity contribution in [1.29, 1.82) is 0 Å². The van der Waals surface area contributed by atoms with Crippen molar-refractivity contribution in [3.05, 3.63) is 113 Å². The van der Waals surface area contributed by atoms with Crippen molar-refractivity contribution in [2.45, 2.75) is 23.2 Å². The van der Waals surface area contributed by atoms with Gasteiger partial charge in [0.05, 0.1) is 10.8 Å². The molecule has 35 heavy (non-hydrogen) atoms. The number of hydrogen-bond donors (Lipinski definition) is 2. The quantitative estimate of drug-likeness (QED) is 0.412. The molecule has 0 aromatic heterocycles. The van der Waals surface area contributed by atoms with E-state index in [0.717, 1.165) is 22.3 Å². The molecule has 5 nitrogen and oxygen atoms in total. The van der Waals surface area contributed by atoms with Crippen LogP contribution in [0.15, 0.2) is 95.4 Å². The molecule has 0 spiro atoms. The molecule has 2 atom stereocenters. The van der Waals surface area contributed by atoms with Crippen molar-refractivity contribution < 1.29 is 13.2 Å². The lowest BCUT2D eigenvalue weighted by Gasteiger charge is -2.23. The van der Waals surface area contributed by atoms with Crippen LogP contribution in [-0.2, 0) is 21.2 Å². The number of amides is 1. The second-order valence-corrected chi connectivity index (χ2v) is 11.0. The molecule has 1 heterocycles. The smallest absolute Gasteiger partial charge is 0.240 e. The standard InChI is InChI=1S/C29H24N2O3S/c1-30-35(33,34)22-13-14-26-25(17-22)28(29(32)31-26)27-21(16-20-8-3-5-12-24(20)27)15-19-10-6-9-18-7-2-4-11-23(18)19/h2-14,16-17,27-28,30H,15H2,1H3,(H,31,32). The van der Waals surface area contributed by atoms with E-state index in [1.54, 1.807) is 12.1 Å². The number of allylic oxidation sites excluding steroid dienone is 1. The first-order valence-corrected chi connectivity index (χ1v) is 13.1. The Bertz CT molecular complexity index is 1630. The molecular formula is C29H24N2O3S. The van der Waals surface area contributed by atoms with E-state index in [0.29, 0.717) is 12.1 Å². The minimum absolute atomic E-state index is 0.107. The van der Waals surface area contributed by atoms with E-state index >= 15 is 0 Å². The van der Waals surface area contributed by atoms with Crippen LogP contribution in [0.25, 0.3) is 16.8 Å². The second kappa shape index (κ2) is 8.18. The summed E-state index contributed by atoms with van der Waals surface area (Å²) in [5.74, 6) is -0.801. The molecule has 6 rings (SSSR count). The van der Waals surface area contributed by atoms with Crippen LogP contribution in [0.5, 0.6) is 0 Å². The van der Waals surface area contributed by atoms with Crippen molar-refractivity contribution in [3.8, 4) is 0 Å². The lowest BCUT2D eigenvalue weighted by molar-refractivity contribution is -0.117. The summed E-state index contributed by atoms with van der Waals surface area (Å²) >= 11 is 0. The molecule has 1 aliphatic heterocycles. The first-order chi connectivity index (χ1) is 17.0. The zero-order chi connectivity index (χ0) is 24.2. The molecule has 6 heteroatoms. The van der Waals surface area contributed by atoms with Crippen LogP contribution < -0.4 is 10.0 Å². The zero-order valence-corrected chi connectivity index (χ0v) is 20.0. The Kier molecular flexibility index (Phi) is 5.09. The number of rotatable bonds is 5. The summed E-state index contributed by atoms with van der Waals surface area (Å²) in [6, 6.07) is 27.7. The topological polar surface area (TPSA) is 75.3 Å². The van der Waals surface area contributed by atoms with Gasteiger partial charge >= 0.3 is 0 Å². The Morgan fingerprint density at radius 1 is 0.857 bits per heavy atom. The molecule has 4 aromatic rings. The number of nitrogens with one attached hydrogen (secondary N) is 2. The number of sulfonamides is 1. The van der Waals surface area contributed by atoms with Gasteiger partial charge in [-0.3, -0.25) is 4.79 Å². The van der Waals surface area contributed by atoms with Crippen molar-refractivity contribution in [2.24, 2.45) is 0 Å². The molecule has 0 radical (unpaired) electrons. The molecule has 0 saturated heterocycles. The van der Waals surface area contributed by atoms with Crippen LogP contribution in [0.4, 0.5) is 5.69 Å². The van der Waals surface area contributed by atoms with Gasteiger partial charge in [0, 0.05) is 11.6 Å². The minimum atomic E-state index is -3.63. The van der Waals surface area contributed by atoms with Crippen LogP contribution in [0.2, 0.25) is 0 Å². The molecule has 2 unspecified atom stereocenters. The maximum absolute atomic E-state index is 13.4. The maximum Gasteiger partial charge on any atom is 0.240 e. The predicted octanol–water partition coefficient (Wildman–Crippen LogP) is 5.21. The summed E-state index contributed by atoms with van der Waals surface area (Å²) in [4.78, 5) is 13.5. The van der Waals surface area contributed by atoms with Gasteiger partial charge in [0.2, 0.25) is 15.9 Å². The normalized spacial score (nSPS) is 18.8.